The van der Waals surface area contributed by atoms with Crippen LogP contribution in [0.3, 0.4) is 0 Å². The molecule has 2 fully saturated rings. The van der Waals surface area contributed by atoms with E-state index in [2.05, 4.69) is 34.1 Å². The molecule has 6 rings (SSSR count). The van der Waals surface area contributed by atoms with E-state index >= 15 is 0 Å². The molecule has 5 heterocycles. The molecular weight excluding hydrogens is 516 g/mol. The Morgan fingerprint density at radius 1 is 1.00 bits per heavy atom. The summed E-state index contributed by atoms with van der Waals surface area (Å²) in [6, 6.07) is 14.3. The Hall–Kier alpha value is -3.82. The second kappa shape index (κ2) is 11.6. The molecule has 0 atom stereocenters. The zero-order valence-electron chi connectivity index (χ0n) is 24.1. The van der Waals surface area contributed by atoms with E-state index in [9.17, 15) is 4.79 Å². The van der Waals surface area contributed by atoms with Gasteiger partial charge in [-0.05, 0) is 77.1 Å². The molecule has 0 spiro atoms. The molecule has 0 aliphatic carbocycles. The average Bonchev–Trinajstić information content (AvgIpc) is 3.34. The van der Waals surface area contributed by atoms with Gasteiger partial charge < -0.3 is 14.4 Å². The number of nitrogens with zero attached hydrogens (tertiary/aromatic N) is 6. The molecule has 9 nitrogen and oxygen atoms in total. The van der Waals surface area contributed by atoms with Crippen LogP contribution in [0.2, 0.25) is 0 Å². The molecule has 0 bridgehead atoms. The maximum absolute atomic E-state index is 12.4. The summed E-state index contributed by atoms with van der Waals surface area (Å²) >= 11 is 0. The second-order valence-electron chi connectivity index (χ2n) is 11.8. The number of carbonyl (C=O) groups excluding carboxylic acids is 1. The maximum atomic E-state index is 12.4. The predicted octanol–water partition coefficient (Wildman–Crippen LogP) is 4.81. The Labute approximate surface area is 240 Å². The lowest BCUT2D eigenvalue weighted by molar-refractivity contribution is -0.156. The highest BCUT2D eigenvalue weighted by molar-refractivity contribution is 5.81. The lowest BCUT2D eigenvalue weighted by atomic mass is 9.92. The Morgan fingerprint density at radius 3 is 2.56 bits per heavy atom. The fourth-order valence-electron chi connectivity index (χ4n) is 5.78. The Kier molecular flexibility index (Phi) is 7.73. The van der Waals surface area contributed by atoms with Gasteiger partial charge in [0.15, 0.2) is 5.65 Å². The van der Waals surface area contributed by atoms with Crippen molar-refractivity contribution in [1.29, 1.82) is 0 Å². The van der Waals surface area contributed by atoms with Crippen LogP contribution in [0.5, 0.6) is 0 Å². The third-order valence-electron chi connectivity index (χ3n) is 7.69. The molecule has 2 saturated heterocycles. The van der Waals surface area contributed by atoms with Gasteiger partial charge in [0.2, 0.25) is 0 Å². The zero-order chi connectivity index (χ0) is 28.4. The van der Waals surface area contributed by atoms with Crippen LogP contribution < -0.4 is 4.90 Å². The summed E-state index contributed by atoms with van der Waals surface area (Å²) in [4.78, 5) is 27.0. The molecular formula is C32H38N6O3. The van der Waals surface area contributed by atoms with Gasteiger partial charge in [0.1, 0.15) is 5.60 Å². The highest BCUT2D eigenvalue weighted by Gasteiger charge is 2.29. The van der Waals surface area contributed by atoms with Crippen LogP contribution in [-0.2, 0) is 14.3 Å². The van der Waals surface area contributed by atoms with Gasteiger partial charge in [0.25, 0.3) is 0 Å². The van der Waals surface area contributed by atoms with Crippen LogP contribution in [0.25, 0.3) is 28.7 Å². The first-order valence-electron chi connectivity index (χ1n) is 14.5. The molecule has 2 aliphatic rings. The monoisotopic (exact) mass is 554 g/mol. The van der Waals surface area contributed by atoms with Crippen LogP contribution in [0.1, 0.15) is 56.6 Å². The van der Waals surface area contributed by atoms with Crippen molar-refractivity contribution in [3.05, 3.63) is 65.7 Å². The van der Waals surface area contributed by atoms with E-state index in [4.69, 9.17) is 24.5 Å². The summed E-state index contributed by atoms with van der Waals surface area (Å²) in [6.45, 7) is 10.7. The van der Waals surface area contributed by atoms with E-state index in [1.807, 2.05) is 61.8 Å². The van der Waals surface area contributed by atoms with Gasteiger partial charge >= 0.3 is 5.97 Å². The summed E-state index contributed by atoms with van der Waals surface area (Å²) in [5, 5.41) is 5.92. The van der Waals surface area contributed by atoms with Gasteiger partial charge in [-0.2, -0.15) is 5.10 Å². The average molecular weight is 555 g/mol. The summed E-state index contributed by atoms with van der Waals surface area (Å²) in [6.07, 6.45) is 7.82. The summed E-state index contributed by atoms with van der Waals surface area (Å²) in [5.41, 5.74) is 5.36. The number of pyridine rings is 1. The van der Waals surface area contributed by atoms with Crippen molar-refractivity contribution in [3.8, 4) is 0 Å². The largest absolute Gasteiger partial charge is 0.459 e. The molecule has 0 N–H and O–H groups in total. The maximum Gasteiger partial charge on any atom is 0.320 e. The molecule has 3 aromatic heterocycles. The number of imidazole rings is 1. The van der Waals surface area contributed by atoms with Crippen molar-refractivity contribution in [2.75, 3.05) is 50.8 Å². The third kappa shape index (κ3) is 6.26. The van der Waals surface area contributed by atoms with Crippen LogP contribution in [0.15, 0.2) is 48.7 Å². The molecule has 1 aromatic carbocycles. The van der Waals surface area contributed by atoms with Crippen LogP contribution in [0, 0.1) is 0 Å². The van der Waals surface area contributed by atoms with Gasteiger partial charge in [0.05, 0.1) is 54.2 Å². The minimum atomic E-state index is -0.475. The molecule has 0 radical (unpaired) electrons. The van der Waals surface area contributed by atoms with Gasteiger partial charge in [-0.1, -0.05) is 24.3 Å². The predicted molar refractivity (Wildman–Crippen MR) is 161 cm³/mol. The van der Waals surface area contributed by atoms with Gasteiger partial charge in [0, 0.05) is 24.4 Å². The number of fused-ring (bicyclic) bond motifs is 2. The van der Waals surface area contributed by atoms with E-state index < -0.39 is 5.60 Å². The number of aromatic nitrogens is 4. The highest BCUT2D eigenvalue weighted by atomic mass is 16.6. The number of piperidine rings is 1. The molecule has 4 aromatic rings. The van der Waals surface area contributed by atoms with Crippen molar-refractivity contribution >= 4 is 40.4 Å². The Morgan fingerprint density at radius 2 is 1.78 bits per heavy atom. The minimum Gasteiger partial charge on any atom is -0.459 e. The smallest absolute Gasteiger partial charge is 0.320 e. The molecule has 9 heteroatoms. The lowest BCUT2D eigenvalue weighted by Crippen LogP contribution is -2.39. The zero-order valence-corrected chi connectivity index (χ0v) is 24.1. The van der Waals surface area contributed by atoms with Crippen molar-refractivity contribution < 1.29 is 14.3 Å². The van der Waals surface area contributed by atoms with Crippen molar-refractivity contribution in [2.24, 2.45) is 0 Å². The summed E-state index contributed by atoms with van der Waals surface area (Å²) in [5.74, 6) is 0.0885. The number of anilines is 1. The number of morpholine rings is 1. The van der Waals surface area contributed by atoms with E-state index in [0.717, 1.165) is 78.3 Å². The molecule has 2 aliphatic heterocycles. The first-order chi connectivity index (χ1) is 19.8. The Bertz CT molecular complexity index is 1560. The molecule has 41 heavy (non-hydrogen) atoms. The van der Waals surface area contributed by atoms with Gasteiger partial charge in [-0.3, -0.25) is 9.69 Å². The van der Waals surface area contributed by atoms with Crippen molar-refractivity contribution in [1.82, 2.24) is 24.5 Å². The molecule has 0 saturated carbocycles. The van der Waals surface area contributed by atoms with Crippen LogP contribution in [0.4, 0.5) is 5.69 Å². The van der Waals surface area contributed by atoms with Crippen LogP contribution >= 0.6 is 0 Å². The first kappa shape index (κ1) is 27.4. The number of carbonyl (C=O) groups is 1. The lowest BCUT2D eigenvalue weighted by Gasteiger charge is -2.32. The SMILES string of the molecule is CC(C)(C)OC(=O)CN1CCC(c2c(/C=C/c3ccc4ccccc4n3)nc3c(N4CCOCC4)ccnn23)CC1. The topological polar surface area (TPSA) is 85.1 Å². The highest BCUT2D eigenvalue weighted by Crippen LogP contribution is 2.34. The van der Waals surface area contributed by atoms with Crippen molar-refractivity contribution in [3.63, 3.8) is 0 Å². The molecule has 0 unspecified atom stereocenters. The molecule has 214 valence electrons. The number of esters is 1. The van der Waals surface area contributed by atoms with E-state index in [0.29, 0.717) is 19.8 Å². The summed E-state index contributed by atoms with van der Waals surface area (Å²) < 4.78 is 13.2. The fourth-order valence-corrected chi connectivity index (χ4v) is 5.78. The number of para-hydroxylation sites is 1. The quantitative estimate of drug-likeness (QED) is 0.314. The van der Waals surface area contributed by atoms with Gasteiger partial charge in [-0.25, -0.2) is 14.5 Å². The van der Waals surface area contributed by atoms with Gasteiger partial charge in [-0.15, -0.1) is 0 Å². The Balaban J connectivity index is 1.30. The van der Waals surface area contributed by atoms with E-state index in [1.54, 1.807) is 0 Å². The van der Waals surface area contributed by atoms with E-state index in [1.165, 1.54) is 0 Å². The number of hydrogen-bond acceptors (Lipinski definition) is 8. The second-order valence-corrected chi connectivity index (χ2v) is 11.8. The minimum absolute atomic E-state index is 0.172. The fraction of sp³-hybridized carbons (Fsp3) is 0.438. The number of rotatable bonds is 6. The first-order valence-corrected chi connectivity index (χ1v) is 14.5. The number of benzene rings is 1. The third-order valence-corrected chi connectivity index (χ3v) is 7.69. The van der Waals surface area contributed by atoms with E-state index in [-0.39, 0.29) is 11.9 Å². The van der Waals surface area contributed by atoms with Crippen LogP contribution in [-0.4, -0.2) is 82.0 Å². The molecule has 0 amide bonds. The number of ether oxygens (including phenoxy) is 2. The van der Waals surface area contributed by atoms with Crippen molar-refractivity contribution in [2.45, 2.75) is 45.1 Å². The summed E-state index contributed by atoms with van der Waals surface area (Å²) in [7, 11) is 0. The number of likely N-dealkylation sites (tertiary alicyclic amines) is 1. The normalized spacial score (nSPS) is 17.6. The standard InChI is InChI=1S/C32H38N6O3/c1-32(2,3)41-29(39)22-36-16-13-24(14-17-36)30-27(11-10-25-9-8-23-6-4-5-7-26(23)34-25)35-31-28(12-15-33-38(30)31)37-18-20-40-21-19-37/h4-12,15,24H,13-14,16-22H2,1-3H3/b11-10+. The number of hydrogen-bond donors (Lipinski definition) is 0.